The lowest BCUT2D eigenvalue weighted by molar-refractivity contribution is -0.832. The number of carboxylic acids is 2. The lowest BCUT2D eigenvalue weighted by Crippen LogP contribution is -2.42. The number of hydrogen-bond acceptors (Lipinski definition) is 9. The molecule has 0 saturated heterocycles. The topological polar surface area (TPSA) is 200 Å². The van der Waals surface area contributed by atoms with Crippen molar-refractivity contribution >= 4 is 27.7 Å². The van der Waals surface area contributed by atoms with E-state index in [1.54, 1.807) is 6.07 Å². The SMILES string of the molecule is O=C(O)CC(NC(=O)CCCOc1no[n+]([O-])c1S(=O)(=O)c1ccccc1)C(=O)O. The number of sulfone groups is 1. The van der Waals surface area contributed by atoms with E-state index in [0.29, 0.717) is 0 Å². The number of nitrogens with one attached hydrogen (secondary N) is 1. The van der Waals surface area contributed by atoms with Gasteiger partial charge in [-0.15, -0.1) is 0 Å². The van der Waals surface area contributed by atoms with Gasteiger partial charge in [0.1, 0.15) is 6.04 Å². The molecule has 0 bridgehead atoms. The van der Waals surface area contributed by atoms with Gasteiger partial charge in [0.05, 0.1) is 23.1 Å². The quantitative estimate of drug-likeness (QED) is 0.294. The van der Waals surface area contributed by atoms with Crippen LogP contribution >= 0.6 is 0 Å². The molecule has 1 atom stereocenters. The van der Waals surface area contributed by atoms with E-state index in [-0.39, 0.29) is 29.2 Å². The van der Waals surface area contributed by atoms with E-state index in [0.717, 1.165) is 0 Å². The van der Waals surface area contributed by atoms with E-state index in [9.17, 15) is 28.0 Å². The summed E-state index contributed by atoms with van der Waals surface area (Å²) in [5.41, 5.74) is 0. The zero-order valence-corrected chi connectivity index (χ0v) is 16.1. The maximum Gasteiger partial charge on any atom is 0.414 e. The Labute approximate surface area is 169 Å². The normalized spacial score (nSPS) is 12.1. The molecule has 0 aliphatic rings. The Hall–Kier alpha value is -3.68. The van der Waals surface area contributed by atoms with Crippen LogP contribution in [0.1, 0.15) is 19.3 Å². The predicted molar refractivity (Wildman–Crippen MR) is 93.9 cm³/mol. The standard InChI is InChI=1S/C16H17N3O10S/c20-12(17-11(16(23)24)9-13(21)22)7-4-8-28-14-15(19(25)29-18-14)30(26,27)10-5-2-1-3-6-10/h1-3,5-6,11H,4,7-9H2,(H,17,20)(H,21,22)(H,23,24). The Bertz CT molecular complexity index is 1020. The number of carbonyl (C=O) groups excluding carboxylic acids is 1. The van der Waals surface area contributed by atoms with Crippen molar-refractivity contribution in [1.82, 2.24) is 10.5 Å². The van der Waals surface area contributed by atoms with Crippen molar-refractivity contribution in [2.75, 3.05) is 6.61 Å². The van der Waals surface area contributed by atoms with Gasteiger partial charge in [0.25, 0.3) is 9.84 Å². The Morgan fingerprint density at radius 2 is 1.90 bits per heavy atom. The summed E-state index contributed by atoms with van der Waals surface area (Å²) in [5.74, 6) is -4.23. The summed E-state index contributed by atoms with van der Waals surface area (Å²) >= 11 is 0. The number of rotatable bonds is 11. The molecule has 162 valence electrons. The van der Waals surface area contributed by atoms with Gasteiger partial charge >= 0.3 is 22.8 Å². The van der Waals surface area contributed by atoms with Crippen LogP contribution in [-0.4, -0.2) is 54.3 Å². The van der Waals surface area contributed by atoms with Crippen molar-refractivity contribution in [3.8, 4) is 5.88 Å². The Balaban J connectivity index is 1.96. The van der Waals surface area contributed by atoms with Crippen LogP contribution in [0.5, 0.6) is 5.88 Å². The second-order valence-corrected chi connectivity index (χ2v) is 7.73. The van der Waals surface area contributed by atoms with Crippen LogP contribution in [-0.2, 0) is 24.2 Å². The Kier molecular flexibility index (Phi) is 7.30. The number of amides is 1. The molecule has 3 N–H and O–H groups in total. The van der Waals surface area contributed by atoms with Gasteiger partial charge in [-0.2, -0.15) is 0 Å². The third-order valence-electron chi connectivity index (χ3n) is 3.65. The summed E-state index contributed by atoms with van der Waals surface area (Å²) in [6, 6.07) is 5.46. The average molecular weight is 443 g/mol. The highest BCUT2D eigenvalue weighted by Crippen LogP contribution is 2.24. The molecule has 0 aliphatic heterocycles. The van der Waals surface area contributed by atoms with Crippen LogP contribution in [0.25, 0.3) is 0 Å². The predicted octanol–water partition coefficient (Wildman–Crippen LogP) is -0.656. The first-order valence-electron chi connectivity index (χ1n) is 8.39. The lowest BCUT2D eigenvalue weighted by atomic mass is 10.2. The van der Waals surface area contributed by atoms with Crippen molar-refractivity contribution in [1.29, 1.82) is 0 Å². The number of nitrogens with zero attached hydrogens (tertiary/aromatic N) is 2. The highest BCUT2D eigenvalue weighted by Gasteiger charge is 2.35. The first-order valence-corrected chi connectivity index (χ1v) is 9.88. The maximum absolute atomic E-state index is 12.6. The summed E-state index contributed by atoms with van der Waals surface area (Å²) < 4.78 is 34.6. The van der Waals surface area contributed by atoms with Gasteiger partial charge in [-0.3, -0.25) is 14.2 Å². The number of aliphatic carboxylic acids is 2. The molecule has 1 amide bonds. The minimum Gasteiger partial charge on any atom is -0.481 e. The van der Waals surface area contributed by atoms with E-state index in [1.165, 1.54) is 24.3 Å². The number of hydrogen-bond donors (Lipinski definition) is 3. The van der Waals surface area contributed by atoms with E-state index in [1.807, 2.05) is 5.32 Å². The van der Waals surface area contributed by atoms with Crippen LogP contribution in [0, 0.1) is 5.21 Å². The lowest BCUT2D eigenvalue weighted by Gasteiger charge is -2.12. The minimum atomic E-state index is -4.28. The molecule has 0 aliphatic carbocycles. The van der Waals surface area contributed by atoms with Gasteiger partial charge in [-0.05, 0) is 23.5 Å². The molecule has 2 rings (SSSR count). The maximum atomic E-state index is 12.6. The molecular weight excluding hydrogens is 426 g/mol. The molecule has 1 heterocycles. The molecule has 1 unspecified atom stereocenters. The molecule has 0 fully saturated rings. The second-order valence-electron chi connectivity index (χ2n) is 5.87. The molecule has 0 spiro atoms. The molecule has 1 aromatic carbocycles. The number of carboxylic acid groups (broad SMARTS) is 2. The fraction of sp³-hybridized carbons (Fsp3) is 0.312. The van der Waals surface area contributed by atoms with Crippen LogP contribution in [0.4, 0.5) is 0 Å². The van der Waals surface area contributed by atoms with Crippen molar-refractivity contribution < 1.29 is 47.3 Å². The molecule has 30 heavy (non-hydrogen) atoms. The van der Waals surface area contributed by atoms with Gasteiger partial charge < -0.3 is 25.5 Å². The molecule has 2 aromatic rings. The Morgan fingerprint density at radius 1 is 1.23 bits per heavy atom. The van der Waals surface area contributed by atoms with Crippen molar-refractivity contribution in [3.63, 3.8) is 0 Å². The average Bonchev–Trinajstić information content (AvgIpc) is 3.06. The summed E-state index contributed by atoms with van der Waals surface area (Å²) in [6.07, 6.45) is -1.05. The number of ether oxygens (including phenoxy) is 1. The molecule has 13 nitrogen and oxygen atoms in total. The Morgan fingerprint density at radius 3 is 2.50 bits per heavy atom. The van der Waals surface area contributed by atoms with E-state index in [4.69, 9.17) is 14.9 Å². The van der Waals surface area contributed by atoms with Gasteiger partial charge in [0.15, 0.2) is 0 Å². The van der Waals surface area contributed by atoms with Gasteiger partial charge in [0.2, 0.25) is 5.91 Å². The number of carbonyl (C=O) groups is 3. The summed E-state index contributed by atoms with van der Waals surface area (Å²) in [4.78, 5) is 32.8. The zero-order chi connectivity index (χ0) is 22.3. The zero-order valence-electron chi connectivity index (χ0n) is 15.3. The fourth-order valence-corrected chi connectivity index (χ4v) is 3.58. The summed E-state index contributed by atoms with van der Waals surface area (Å²) in [6.45, 7) is -0.256. The first kappa shape index (κ1) is 22.6. The monoisotopic (exact) mass is 443 g/mol. The molecule has 0 radical (unpaired) electrons. The molecule has 14 heteroatoms. The highest BCUT2D eigenvalue weighted by atomic mass is 32.2. The van der Waals surface area contributed by atoms with Crippen molar-refractivity contribution in [2.45, 2.75) is 35.2 Å². The fourth-order valence-electron chi connectivity index (χ4n) is 2.28. The van der Waals surface area contributed by atoms with E-state index < -0.39 is 51.1 Å². The first-order chi connectivity index (χ1) is 14.1. The smallest absolute Gasteiger partial charge is 0.414 e. The van der Waals surface area contributed by atoms with Crippen LogP contribution < -0.4 is 15.0 Å². The van der Waals surface area contributed by atoms with Crippen molar-refractivity contribution in [2.24, 2.45) is 0 Å². The highest BCUT2D eigenvalue weighted by molar-refractivity contribution is 7.91. The number of benzene rings is 1. The van der Waals surface area contributed by atoms with Crippen molar-refractivity contribution in [3.05, 3.63) is 35.5 Å². The molecule has 0 saturated carbocycles. The summed E-state index contributed by atoms with van der Waals surface area (Å²) in [7, 11) is -4.28. The van der Waals surface area contributed by atoms with E-state index >= 15 is 0 Å². The molecular formula is C16H17N3O10S. The third kappa shape index (κ3) is 5.66. The van der Waals surface area contributed by atoms with Crippen LogP contribution in [0.2, 0.25) is 0 Å². The second kappa shape index (κ2) is 9.69. The molecule has 1 aromatic heterocycles. The van der Waals surface area contributed by atoms with Gasteiger partial charge in [-0.1, -0.05) is 18.2 Å². The largest absolute Gasteiger partial charge is 0.481 e. The van der Waals surface area contributed by atoms with Gasteiger partial charge in [-0.25, -0.2) is 13.2 Å². The van der Waals surface area contributed by atoms with Crippen LogP contribution in [0.3, 0.4) is 0 Å². The van der Waals surface area contributed by atoms with Crippen LogP contribution in [0.15, 0.2) is 44.9 Å². The van der Waals surface area contributed by atoms with Gasteiger partial charge in [0, 0.05) is 6.42 Å². The summed E-state index contributed by atoms with van der Waals surface area (Å²) in [5, 5.41) is 33.7. The number of aromatic nitrogens is 2. The third-order valence-corrected chi connectivity index (χ3v) is 5.38. The van der Waals surface area contributed by atoms with E-state index in [2.05, 4.69) is 9.79 Å². The minimum absolute atomic E-state index is 0.0121.